The number of halogens is 1. The molecule has 1 aromatic heterocycles. The van der Waals surface area contributed by atoms with E-state index in [1.807, 2.05) is 11.0 Å². The number of aromatic amines is 1. The van der Waals surface area contributed by atoms with E-state index in [1.165, 1.54) is 17.6 Å². The van der Waals surface area contributed by atoms with E-state index in [0.717, 1.165) is 31.4 Å². The van der Waals surface area contributed by atoms with Gasteiger partial charge in [-0.15, -0.1) is 0 Å². The van der Waals surface area contributed by atoms with Gasteiger partial charge in [-0.3, -0.25) is 9.59 Å². The van der Waals surface area contributed by atoms with E-state index < -0.39 is 11.5 Å². The molecule has 8 nitrogen and oxygen atoms in total. The van der Waals surface area contributed by atoms with Crippen molar-refractivity contribution in [3.8, 4) is 16.8 Å². The molecule has 9 heteroatoms. The summed E-state index contributed by atoms with van der Waals surface area (Å²) in [6.07, 6.45) is 3.27. The number of amides is 2. The lowest BCUT2D eigenvalue weighted by Crippen LogP contribution is -2.30. The SMILES string of the molecule is CC(=O)Nc1cccc(-c2ccc(-n3c(C[C@@H]4CCN(C(=O)C5CC5)C4)n[nH]c3=O)c(F)c2)c1. The van der Waals surface area contributed by atoms with Crippen molar-refractivity contribution in [2.45, 2.75) is 32.6 Å². The molecule has 3 aromatic rings. The van der Waals surface area contributed by atoms with Crippen LogP contribution in [0.1, 0.15) is 32.0 Å². The molecule has 1 saturated heterocycles. The highest BCUT2D eigenvalue weighted by atomic mass is 19.1. The topological polar surface area (TPSA) is 100 Å². The van der Waals surface area contributed by atoms with Crippen LogP contribution < -0.4 is 11.0 Å². The number of H-pyrrole nitrogens is 1. The van der Waals surface area contributed by atoms with E-state index >= 15 is 4.39 Å². The van der Waals surface area contributed by atoms with Crippen LogP contribution in [0.2, 0.25) is 0 Å². The number of hydrogen-bond donors (Lipinski definition) is 2. The van der Waals surface area contributed by atoms with Gasteiger partial charge in [-0.05, 0) is 60.6 Å². The summed E-state index contributed by atoms with van der Waals surface area (Å²) in [6.45, 7) is 2.78. The first-order valence-corrected chi connectivity index (χ1v) is 11.5. The molecule has 2 aromatic carbocycles. The van der Waals surface area contributed by atoms with Crippen molar-refractivity contribution in [3.63, 3.8) is 0 Å². The van der Waals surface area contributed by atoms with Gasteiger partial charge in [0.25, 0.3) is 0 Å². The van der Waals surface area contributed by atoms with Gasteiger partial charge in [-0.25, -0.2) is 18.9 Å². The summed E-state index contributed by atoms with van der Waals surface area (Å²) in [7, 11) is 0. The third-order valence-corrected chi connectivity index (χ3v) is 6.44. The van der Waals surface area contributed by atoms with Gasteiger partial charge in [0.05, 0.1) is 5.69 Å². The fourth-order valence-electron chi connectivity index (χ4n) is 4.61. The average molecular weight is 464 g/mol. The van der Waals surface area contributed by atoms with Crippen molar-refractivity contribution >= 4 is 17.5 Å². The summed E-state index contributed by atoms with van der Waals surface area (Å²) < 4.78 is 16.5. The Morgan fingerprint density at radius 2 is 1.94 bits per heavy atom. The molecule has 1 saturated carbocycles. The van der Waals surface area contributed by atoms with Crippen molar-refractivity contribution < 1.29 is 14.0 Å². The molecule has 1 aliphatic carbocycles. The van der Waals surface area contributed by atoms with Gasteiger partial charge in [0.2, 0.25) is 11.8 Å². The Balaban J connectivity index is 1.37. The normalized spacial score (nSPS) is 17.7. The van der Waals surface area contributed by atoms with Crippen LogP contribution in [0.4, 0.5) is 10.1 Å². The number of nitrogens with zero attached hydrogens (tertiary/aromatic N) is 3. The summed E-state index contributed by atoms with van der Waals surface area (Å²) in [5.74, 6) is 0.308. The Morgan fingerprint density at radius 3 is 2.68 bits per heavy atom. The summed E-state index contributed by atoms with van der Waals surface area (Å²) >= 11 is 0. The van der Waals surface area contributed by atoms with E-state index in [1.54, 1.807) is 30.3 Å². The Morgan fingerprint density at radius 1 is 1.15 bits per heavy atom. The number of carbonyl (C=O) groups is 2. The second-order valence-electron chi connectivity index (χ2n) is 9.13. The zero-order valence-corrected chi connectivity index (χ0v) is 18.9. The van der Waals surface area contributed by atoms with Crippen molar-refractivity contribution in [2.24, 2.45) is 11.8 Å². The molecular weight excluding hydrogens is 437 g/mol. The van der Waals surface area contributed by atoms with Crippen LogP contribution in [0, 0.1) is 17.7 Å². The van der Waals surface area contributed by atoms with Crippen molar-refractivity contribution in [2.75, 3.05) is 18.4 Å². The van der Waals surface area contributed by atoms with Crippen molar-refractivity contribution in [3.05, 3.63) is 64.6 Å². The first-order valence-electron chi connectivity index (χ1n) is 11.5. The minimum atomic E-state index is -0.552. The lowest BCUT2D eigenvalue weighted by atomic mass is 10.0. The fraction of sp³-hybridized carbons (Fsp3) is 0.360. The van der Waals surface area contributed by atoms with Gasteiger partial charge in [-0.2, -0.15) is 5.10 Å². The molecule has 34 heavy (non-hydrogen) atoms. The molecule has 0 unspecified atom stereocenters. The predicted octanol–water partition coefficient (Wildman–Crippen LogP) is 3.13. The van der Waals surface area contributed by atoms with Crippen LogP contribution in [0.5, 0.6) is 0 Å². The van der Waals surface area contributed by atoms with E-state index in [2.05, 4.69) is 15.5 Å². The maximum Gasteiger partial charge on any atom is 0.348 e. The maximum atomic E-state index is 15.2. The minimum absolute atomic E-state index is 0.124. The van der Waals surface area contributed by atoms with Gasteiger partial charge in [-0.1, -0.05) is 18.2 Å². The average Bonchev–Trinajstić information content (AvgIpc) is 3.46. The minimum Gasteiger partial charge on any atom is -0.342 e. The van der Waals surface area contributed by atoms with Crippen LogP contribution in [0.25, 0.3) is 16.8 Å². The number of aromatic nitrogens is 3. The van der Waals surface area contributed by atoms with E-state index in [4.69, 9.17) is 0 Å². The summed E-state index contributed by atoms with van der Waals surface area (Å²) in [5, 5.41) is 9.31. The summed E-state index contributed by atoms with van der Waals surface area (Å²) in [4.78, 5) is 38.1. The highest BCUT2D eigenvalue weighted by Crippen LogP contribution is 2.33. The van der Waals surface area contributed by atoms with Gasteiger partial charge in [0.15, 0.2) is 0 Å². The van der Waals surface area contributed by atoms with Crippen molar-refractivity contribution in [1.82, 2.24) is 19.7 Å². The van der Waals surface area contributed by atoms with E-state index in [-0.39, 0.29) is 29.3 Å². The molecule has 2 heterocycles. The number of anilines is 1. The maximum absolute atomic E-state index is 15.2. The van der Waals surface area contributed by atoms with Crippen LogP contribution in [0.15, 0.2) is 47.3 Å². The molecule has 0 bridgehead atoms. The molecule has 2 aliphatic rings. The van der Waals surface area contributed by atoms with Crippen molar-refractivity contribution in [1.29, 1.82) is 0 Å². The summed E-state index contributed by atoms with van der Waals surface area (Å²) in [5.41, 5.74) is 1.60. The number of benzene rings is 2. The molecule has 2 fully saturated rings. The molecule has 0 spiro atoms. The lowest BCUT2D eigenvalue weighted by Gasteiger charge is -2.16. The molecule has 176 valence electrons. The van der Waals surface area contributed by atoms with Gasteiger partial charge in [0, 0.05) is 38.0 Å². The van der Waals surface area contributed by atoms with Crippen LogP contribution >= 0.6 is 0 Å². The number of nitrogens with one attached hydrogen (secondary N) is 2. The molecule has 2 amide bonds. The molecule has 0 radical (unpaired) electrons. The summed E-state index contributed by atoms with van der Waals surface area (Å²) in [6, 6.07) is 11.8. The standard InChI is InChI=1S/C25H26FN5O3/c1-15(32)27-20-4-2-3-18(12-20)19-7-8-22(21(26)13-19)31-23(28-29-25(31)34)11-16-9-10-30(14-16)24(33)17-5-6-17/h2-4,7-8,12-13,16-17H,5-6,9-11,14H2,1H3,(H,27,32)(H,29,34)/t16-/m0/s1. The Hall–Kier alpha value is -3.75. The fourth-order valence-corrected chi connectivity index (χ4v) is 4.61. The lowest BCUT2D eigenvalue weighted by molar-refractivity contribution is -0.131. The van der Waals surface area contributed by atoms with E-state index in [9.17, 15) is 14.4 Å². The largest absolute Gasteiger partial charge is 0.348 e. The zero-order chi connectivity index (χ0) is 23.8. The van der Waals surface area contributed by atoms with E-state index in [0.29, 0.717) is 30.0 Å². The zero-order valence-electron chi connectivity index (χ0n) is 18.9. The Labute approximate surface area is 195 Å². The second-order valence-corrected chi connectivity index (χ2v) is 9.13. The Kier molecular flexibility index (Phi) is 5.77. The van der Waals surface area contributed by atoms with Gasteiger partial charge in [0.1, 0.15) is 11.6 Å². The number of likely N-dealkylation sites (tertiary alicyclic amines) is 1. The first kappa shape index (κ1) is 22.1. The molecule has 5 rings (SSSR count). The third kappa shape index (κ3) is 4.50. The number of rotatable bonds is 6. The molecular formula is C25H26FN5O3. The van der Waals surface area contributed by atoms with Crippen LogP contribution in [-0.2, 0) is 16.0 Å². The molecule has 1 atom stereocenters. The first-order chi connectivity index (χ1) is 16.4. The third-order valence-electron chi connectivity index (χ3n) is 6.44. The molecule has 1 aliphatic heterocycles. The smallest absolute Gasteiger partial charge is 0.342 e. The highest BCUT2D eigenvalue weighted by Gasteiger charge is 2.37. The highest BCUT2D eigenvalue weighted by molar-refractivity contribution is 5.89. The Bertz CT molecular complexity index is 1310. The predicted molar refractivity (Wildman–Crippen MR) is 125 cm³/mol. The quantitative estimate of drug-likeness (QED) is 0.587. The van der Waals surface area contributed by atoms with Gasteiger partial charge < -0.3 is 10.2 Å². The second kappa shape index (κ2) is 8.89. The number of hydrogen-bond acceptors (Lipinski definition) is 4. The van der Waals surface area contributed by atoms with Crippen LogP contribution in [0.3, 0.4) is 0 Å². The molecule has 2 N–H and O–H groups in total. The number of carbonyl (C=O) groups excluding carboxylic acids is 2. The van der Waals surface area contributed by atoms with Crippen LogP contribution in [-0.4, -0.2) is 44.6 Å². The monoisotopic (exact) mass is 463 g/mol. The van der Waals surface area contributed by atoms with Gasteiger partial charge >= 0.3 is 5.69 Å².